The van der Waals surface area contributed by atoms with Crippen LogP contribution in [0.3, 0.4) is 0 Å². The number of nitrogens with one attached hydrogen (secondary N) is 2. The van der Waals surface area contributed by atoms with E-state index in [1.165, 1.54) is 30.4 Å². The molecule has 0 bridgehead atoms. The molecule has 104 valence electrons. The monoisotopic (exact) mass is 279 g/mol. The van der Waals surface area contributed by atoms with Crippen LogP contribution < -0.4 is 10.1 Å². The molecular formula is C14H21N3OS. The van der Waals surface area contributed by atoms with E-state index in [2.05, 4.69) is 10.1 Å². The molecule has 0 radical (unpaired) electrons. The molecule has 2 rings (SSSR count). The van der Waals surface area contributed by atoms with E-state index in [1.54, 1.807) is 0 Å². The van der Waals surface area contributed by atoms with Crippen LogP contribution in [0.15, 0.2) is 29.2 Å². The lowest BCUT2D eigenvalue weighted by Gasteiger charge is -2.20. The van der Waals surface area contributed by atoms with Crippen molar-refractivity contribution in [1.82, 2.24) is 15.2 Å². The normalized spacial score (nSPS) is 16.7. The Morgan fingerprint density at radius 2 is 1.74 bits per heavy atom. The number of urea groups is 1. The number of hydrogen-bond acceptors (Lipinski definition) is 3. The maximum atomic E-state index is 11.8. The molecule has 0 aliphatic carbocycles. The molecule has 1 fully saturated rings. The van der Waals surface area contributed by atoms with Crippen molar-refractivity contribution in [3.8, 4) is 0 Å². The molecule has 2 N–H and O–H groups in total. The lowest BCUT2D eigenvalue weighted by Crippen LogP contribution is -2.45. The quantitative estimate of drug-likeness (QED) is 0.836. The van der Waals surface area contributed by atoms with E-state index in [4.69, 9.17) is 0 Å². The minimum atomic E-state index is -0.146. The van der Waals surface area contributed by atoms with Crippen LogP contribution in [0.25, 0.3) is 0 Å². The highest BCUT2D eigenvalue weighted by molar-refractivity contribution is 7.98. The van der Waals surface area contributed by atoms with Crippen molar-refractivity contribution < 1.29 is 4.79 Å². The fourth-order valence-electron chi connectivity index (χ4n) is 2.06. The molecule has 1 aromatic rings. The highest BCUT2D eigenvalue weighted by Crippen LogP contribution is 2.14. The first-order valence-corrected chi connectivity index (χ1v) is 7.61. The zero-order valence-corrected chi connectivity index (χ0v) is 12.1. The summed E-state index contributed by atoms with van der Waals surface area (Å²) in [7, 11) is 0. The number of aryl methyl sites for hydroxylation is 1. The standard InChI is InChI=1S/C14H21N3OS/c1-12-6-8-13(9-7-12)19-16-14(18)15-17-10-4-2-3-5-11-17/h6-9H,2-5,10-11H2,1H3,(H2,15,16,18). The summed E-state index contributed by atoms with van der Waals surface area (Å²) in [5.41, 5.74) is 4.12. The van der Waals surface area contributed by atoms with Gasteiger partial charge in [0.25, 0.3) is 0 Å². The van der Waals surface area contributed by atoms with E-state index in [0.29, 0.717) is 0 Å². The number of rotatable bonds is 3. The van der Waals surface area contributed by atoms with Gasteiger partial charge < -0.3 is 0 Å². The summed E-state index contributed by atoms with van der Waals surface area (Å²) in [5.74, 6) is 0. The van der Waals surface area contributed by atoms with Gasteiger partial charge in [0.1, 0.15) is 0 Å². The molecule has 1 aliphatic rings. The van der Waals surface area contributed by atoms with Crippen LogP contribution in [-0.2, 0) is 0 Å². The number of amides is 2. The van der Waals surface area contributed by atoms with Crippen LogP contribution in [0.4, 0.5) is 4.79 Å². The second-order valence-electron chi connectivity index (χ2n) is 4.86. The van der Waals surface area contributed by atoms with Crippen molar-refractivity contribution in [2.24, 2.45) is 0 Å². The largest absolute Gasteiger partial charge is 0.339 e. The minimum Gasteiger partial charge on any atom is -0.277 e. The van der Waals surface area contributed by atoms with Crippen LogP contribution in [0.2, 0.25) is 0 Å². The molecule has 19 heavy (non-hydrogen) atoms. The van der Waals surface area contributed by atoms with E-state index >= 15 is 0 Å². The number of hydrazine groups is 1. The van der Waals surface area contributed by atoms with Gasteiger partial charge in [0.05, 0.1) is 0 Å². The lowest BCUT2D eigenvalue weighted by atomic mass is 10.2. The van der Waals surface area contributed by atoms with Gasteiger partial charge in [0.15, 0.2) is 0 Å². The van der Waals surface area contributed by atoms with E-state index in [1.807, 2.05) is 36.2 Å². The molecule has 0 unspecified atom stereocenters. The number of nitrogens with zero attached hydrogens (tertiary/aromatic N) is 1. The molecule has 1 aromatic carbocycles. The van der Waals surface area contributed by atoms with E-state index < -0.39 is 0 Å². The summed E-state index contributed by atoms with van der Waals surface area (Å²) in [4.78, 5) is 12.8. The van der Waals surface area contributed by atoms with Crippen molar-refractivity contribution in [3.05, 3.63) is 29.8 Å². The van der Waals surface area contributed by atoms with Crippen molar-refractivity contribution in [2.75, 3.05) is 13.1 Å². The van der Waals surface area contributed by atoms with Crippen LogP contribution >= 0.6 is 11.9 Å². The van der Waals surface area contributed by atoms with Crippen LogP contribution in [0.1, 0.15) is 31.2 Å². The van der Waals surface area contributed by atoms with Crippen LogP contribution in [-0.4, -0.2) is 24.1 Å². The zero-order chi connectivity index (χ0) is 13.5. The number of hydrogen-bond donors (Lipinski definition) is 2. The first-order chi connectivity index (χ1) is 9.24. The summed E-state index contributed by atoms with van der Waals surface area (Å²) < 4.78 is 2.81. The van der Waals surface area contributed by atoms with Gasteiger partial charge in [-0.05, 0) is 43.8 Å². The molecule has 0 aromatic heterocycles. The number of carbonyl (C=O) groups excluding carboxylic acids is 1. The summed E-state index contributed by atoms with van der Waals surface area (Å²) in [6.07, 6.45) is 4.84. The third-order valence-corrected chi connectivity index (χ3v) is 3.94. The third-order valence-electron chi connectivity index (χ3n) is 3.15. The summed E-state index contributed by atoms with van der Waals surface area (Å²) in [5, 5.41) is 2.01. The summed E-state index contributed by atoms with van der Waals surface area (Å²) in [6, 6.07) is 7.94. The zero-order valence-electron chi connectivity index (χ0n) is 11.3. The van der Waals surface area contributed by atoms with Crippen molar-refractivity contribution >= 4 is 18.0 Å². The van der Waals surface area contributed by atoms with Crippen LogP contribution in [0.5, 0.6) is 0 Å². The number of carbonyl (C=O) groups is 1. The van der Waals surface area contributed by atoms with Gasteiger partial charge in [-0.3, -0.25) is 10.1 Å². The summed E-state index contributed by atoms with van der Waals surface area (Å²) >= 11 is 1.34. The Kier molecular flexibility index (Phi) is 5.54. The Labute approximate surface area is 119 Å². The summed E-state index contributed by atoms with van der Waals surface area (Å²) in [6.45, 7) is 3.94. The first-order valence-electron chi connectivity index (χ1n) is 6.79. The third kappa shape index (κ3) is 5.12. The Morgan fingerprint density at radius 3 is 2.37 bits per heavy atom. The molecule has 1 aliphatic heterocycles. The molecule has 0 spiro atoms. The van der Waals surface area contributed by atoms with Gasteiger partial charge in [-0.25, -0.2) is 9.80 Å². The van der Waals surface area contributed by atoms with E-state index in [-0.39, 0.29) is 6.03 Å². The van der Waals surface area contributed by atoms with Gasteiger partial charge in [0.2, 0.25) is 0 Å². The lowest BCUT2D eigenvalue weighted by molar-refractivity contribution is 0.185. The predicted molar refractivity (Wildman–Crippen MR) is 78.7 cm³/mol. The van der Waals surface area contributed by atoms with Gasteiger partial charge in [-0.1, -0.05) is 30.5 Å². The fraction of sp³-hybridized carbons (Fsp3) is 0.500. The maximum absolute atomic E-state index is 11.8. The topological polar surface area (TPSA) is 44.4 Å². The van der Waals surface area contributed by atoms with Crippen molar-refractivity contribution in [3.63, 3.8) is 0 Å². The Morgan fingerprint density at radius 1 is 1.11 bits per heavy atom. The molecule has 1 heterocycles. The van der Waals surface area contributed by atoms with Crippen molar-refractivity contribution in [2.45, 2.75) is 37.5 Å². The SMILES string of the molecule is Cc1ccc(SNC(=O)NN2CCCCCC2)cc1. The van der Waals surface area contributed by atoms with E-state index in [0.717, 1.165) is 30.8 Å². The molecule has 5 heteroatoms. The predicted octanol–water partition coefficient (Wildman–Crippen LogP) is 3.09. The van der Waals surface area contributed by atoms with Crippen molar-refractivity contribution in [1.29, 1.82) is 0 Å². The average Bonchev–Trinajstić information content (AvgIpc) is 2.67. The van der Waals surface area contributed by atoms with Gasteiger partial charge in [0, 0.05) is 18.0 Å². The Balaban J connectivity index is 1.73. The smallest absolute Gasteiger partial charge is 0.277 e. The Hall–Kier alpha value is -1.20. The Bertz CT molecular complexity index is 400. The highest BCUT2D eigenvalue weighted by Gasteiger charge is 2.11. The number of benzene rings is 1. The van der Waals surface area contributed by atoms with Gasteiger partial charge in [-0.2, -0.15) is 0 Å². The second kappa shape index (κ2) is 7.40. The van der Waals surface area contributed by atoms with E-state index in [9.17, 15) is 4.79 Å². The molecule has 4 nitrogen and oxygen atoms in total. The minimum absolute atomic E-state index is 0.146. The molecule has 0 saturated carbocycles. The molecular weight excluding hydrogens is 258 g/mol. The highest BCUT2D eigenvalue weighted by atomic mass is 32.2. The second-order valence-corrected chi connectivity index (χ2v) is 5.74. The molecule has 1 saturated heterocycles. The molecule has 0 atom stereocenters. The fourth-order valence-corrected chi connectivity index (χ4v) is 2.59. The van der Waals surface area contributed by atoms with Gasteiger partial charge >= 0.3 is 6.03 Å². The maximum Gasteiger partial charge on any atom is 0.339 e. The first kappa shape index (κ1) is 14.2. The average molecular weight is 279 g/mol. The molecule has 2 amide bonds. The van der Waals surface area contributed by atoms with Crippen LogP contribution in [0, 0.1) is 6.92 Å². The van der Waals surface area contributed by atoms with Gasteiger partial charge in [-0.15, -0.1) is 0 Å².